The van der Waals surface area contributed by atoms with Crippen molar-refractivity contribution >= 4 is 23.6 Å². The SMILES string of the molecule is C/C(=C\N)COCCNC(=O)[C@H]1N2C(=O)[C@@H](C)CCS[C@H]2CC1(C)C. The van der Waals surface area contributed by atoms with Gasteiger partial charge in [-0.15, -0.1) is 11.8 Å². The molecular formula is C18H31N3O3S. The molecule has 2 rings (SSSR count). The van der Waals surface area contributed by atoms with Crippen LogP contribution in [0.2, 0.25) is 0 Å². The number of nitrogens with one attached hydrogen (secondary N) is 1. The number of hydrogen-bond donors (Lipinski definition) is 2. The Bertz CT molecular complexity index is 536. The van der Waals surface area contributed by atoms with E-state index in [1.165, 1.54) is 6.20 Å². The van der Waals surface area contributed by atoms with Crippen LogP contribution in [0.3, 0.4) is 0 Å². The topological polar surface area (TPSA) is 84.7 Å². The molecule has 3 N–H and O–H groups in total. The lowest BCUT2D eigenvalue weighted by molar-refractivity contribution is -0.143. The fourth-order valence-corrected chi connectivity index (χ4v) is 5.17. The van der Waals surface area contributed by atoms with Gasteiger partial charge in [-0.25, -0.2) is 0 Å². The first-order valence-corrected chi connectivity index (χ1v) is 9.99. The molecule has 2 aliphatic heterocycles. The van der Waals surface area contributed by atoms with Crippen LogP contribution in [-0.2, 0) is 14.3 Å². The highest BCUT2D eigenvalue weighted by molar-refractivity contribution is 7.99. The molecule has 0 radical (unpaired) electrons. The minimum atomic E-state index is -0.413. The molecule has 0 spiro atoms. The van der Waals surface area contributed by atoms with Gasteiger partial charge >= 0.3 is 0 Å². The maximum atomic E-state index is 12.8. The lowest BCUT2D eigenvalue weighted by Crippen LogP contribution is -2.53. The molecule has 2 amide bonds. The van der Waals surface area contributed by atoms with Gasteiger partial charge in [0, 0.05) is 12.5 Å². The first-order chi connectivity index (χ1) is 11.8. The number of hydrogen-bond acceptors (Lipinski definition) is 5. The normalized spacial score (nSPS) is 29.3. The highest BCUT2D eigenvalue weighted by atomic mass is 32.2. The number of amides is 2. The minimum Gasteiger partial charge on any atom is -0.405 e. The third kappa shape index (κ3) is 4.70. The number of carbonyl (C=O) groups is 2. The molecule has 0 aliphatic carbocycles. The van der Waals surface area contributed by atoms with E-state index in [0.717, 1.165) is 24.2 Å². The summed E-state index contributed by atoms with van der Waals surface area (Å²) in [6.45, 7) is 9.33. The number of ether oxygens (including phenoxy) is 1. The van der Waals surface area contributed by atoms with Gasteiger partial charge in [0.05, 0.1) is 18.6 Å². The fourth-order valence-electron chi connectivity index (χ4n) is 3.48. The Hall–Kier alpha value is -1.21. The Morgan fingerprint density at radius 1 is 1.52 bits per heavy atom. The molecule has 2 aliphatic rings. The summed E-state index contributed by atoms with van der Waals surface area (Å²) in [7, 11) is 0. The van der Waals surface area contributed by atoms with Gasteiger partial charge in [-0.05, 0) is 42.7 Å². The summed E-state index contributed by atoms with van der Waals surface area (Å²) in [6.07, 6.45) is 3.25. The molecule has 3 atom stereocenters. The molecule has 142 valence electrons. The third-order valence-corrected chi connectivity index (χ3v) is 6.22. The van der Waals surface area contributed by atoms with Crippen molar-refractivity contribution in [3.63, 3.8) is 0 Å². The Morgan fingerprint density at radius 3 is 2.92 bits per heavy atom. The second kappa shape index (κ2) is 8.45. The van der Waals surface area contributed by atoms with Crippen molar-refractivity contribution in [3.8, 4) is 0 Å². The summed E-state index contributed by atoms with van der Waals surface area (Å²) in [4.78, 5) is 27.5. The minimum absolute atomic E-state index is 0.0175. The molecular weight excluding hydrogens is 338 g/mol. The van der Waals surface area contributed by atoms with Gasteiger partial charge < -0.3 is 20.7 Å². The number of carbonyl (C=O) groups excluding carboxylic acids is 2. The predicted octanol–water partition coefficient (Wildman–Crippen LogP) is 1.71. The number of rotatable bonds is 6. The van der Waals surface area contributed by atoms with Gasteiger partial charge in [-0.3, -0.25) is 9.59 Å². The number of nitrogens with two attached hydrogens (primary N) is 1. The van der Waals surface area contributed by atoms with Crippen LogP contribution in [0.4, 0.5) is 0 Å². The van der Waals surface area contributed by atoms with E-state index < -0.39 is 6.04 Å². The first-order valence-electron chi connectivity index (χ1n) is 8.94. The van der Waals surface area contributed by atoms with Gasteiger partial charge in [-0.1, -0.05) is 20.8 Å². The standard InChI is InChI=1S/C18H31N3O3S/c1-12(10-19)11-24-7-6-20-16(22)15-18(3,4)9-14-21(15)17(23)13(2)5-8-25-14/h10,13-15H,5-9,11,19H2,1-4H3,(H,20,22)/b12-10+/t13-,14-,15+/m0/s1. The van der Waals surface area contributed by atoms with E-state index in [0.29, 0.717) is 19.8 Å². The van der Waals surface area contributed by atoms with E-state index in [1.807, 2.05) is 18.7 Å². The van der Waals surface area contributed by atoms with Crippen molar-refractivity contribution < 1.29 is 14.3 Å². The molecule has 0 unspecified atom stereocenters. The summed E-state index contributed by atoms with van der Waals surface area (Å²) >= 11 is 1.81. The largest absolute Gasteiger partial charge is 0.405 e. The van der Waals surface area contributed by atoms with E-state index >= 15 is 0 Å². The second-order valence-corrected chi connectivity index (χ2v) is 9.00. The molecule has 2 fully saturated rings. The predicted molar refractivity (Wildman–Crippen MR) is 101 cm³/mol. The molecule has 6 nitrogen and oxygen atoms in total. The molecule has 25 heavy (non-hydrogen) atoms. The summed E-state index contributed by atoms with van der Waals surface area (Å²) in [5, 5.41) is 3.05. The van der Waals surface area contributed by atoms with E-state index in [1.54, 1.807) is 11.8 Å². The molecule has 0 bridgehead atoms. The van der Waals surface area contributed by atoms with Crippen molar-refractivity contribution in [3.05, 3.63) is 11.8 Å². The molecule has 0 saturated carbocycles. The Labute approximate surface area is 154 Å². The number of thioether (sulfide) groups is 1. The van der Waals surface area contributed by atoms with Gasteiger partial charge in [0.15, 0.2) is 0 Å². The van der Waals surface area contributed by atoms with Crippen molar-refractivity contribution in [1.82, 2.24) is 10.2 Å². The molecule has 0 aromatic heterocycles. The van der Waals surface area contributed by atoms with Crippen LogP contribution in [0.5, 0.6) is 0 Å². The van der Waals surface area contributed by atoms with Crippen LogP contribution in [0.25, 0.3) is 0 Å². The molecule has 0 aromatic rings. The maximum absolute atomic E-state index is 12.8. The molecule has 2 heterocycles. The van der Waals surface area contributed by atoms with Crippen molar-refractivity contribution in [2.24, 2.45) is 17.1 Å². The first kappa shape index (κ1) is 20.1. The molecule has 7 heteroatoms. The zero-order valence-electron chi connectivity index (χ0n) is 15.7. The van der Waals surface area contributed by atoms with Crippen LogP contribution < -0.4 is 11.1 Å². The van der Waals surface area contributed by atoms with Gasteiger partial charge in [0.1, 0.15) is 6.04 Å². The summed E-state index contributed by atoms with van der Waals surface area (Å²) < 4.78 is 5.47. The van der Waals surface area contributed by atoms with Crippen LogP contribution in [-0.4, -0.2) is 53.6 Å². The Morgan fingerprint density at radius 2 is 2.24 bits per heavy atom. The maximum Gasteiger partial charge on any atom is 0.243 e. The highest BCUT2D eigenvalue weighted by Gasteiger charge is 2.53. The van der Waals surface area contributed by atoms with Crippen LogP contribution >= 0.6 is 11.8 Å². The average molecular weight is 370 g/mol. The fraction of sp³-hybridized carbons (Fsp3) is 0.778. The number of nitrogens with zero attached hydrogens (tertiary/aromatic N) is 1. The summed E-state index contributed by atoms with van der Waals surface area (Å²) in [5.74, 6) is 0.988. The Balaban J connectivity index is 1.97. The lowest BCUT2D eigenvalue weighted by atomic mass is 9.84. The lowest BCUT2D eigenvalue weighted by Gasteiger charge is -2.33. The summed E-state index contributed by atoms with van der Waals surface area (Å²) in [6, 6.07) is -0.413. The average Bonchev–Trinajstić information content (AvgIpc) is 2.76. The van der Waals surface area contributed by atoms with E-state index in [4.69, 9.17) is 10.5 Å². The van der Waals surface area contributed by atoms with Crippen LogP contribution in [0, 0.1) is 11.3 Å². The van der Waals surface area contributed by atoms with Crippen molar-refractivity contribution in [2.75, 3.05) is 25.5 Å². The van der Waals surface area contributed by atoms with E-state index in [2.05, 4.69) is 19.2 Å². The van der Waals surface area contributed by atoms with Crippen LogP contribution in [0.1, 0.15) is 40.5 Å². The monoisotopic (exact) mass is 369 g/mol. The van der Waals surface area contributed by atoms with Crippen LogP contribution in [0.15, 0.2) is 11.8 Å². The van der Waals surface area contributed by atoms with E-state index in [-0.39, 0.29) is 28.5 Å². The van der Waals surface area contributed by atoms with E-state index in [9.17, 15) is 9.59 Å². The van der Waals surface area contributed by atoms with Crippen molar-refractivity contribution in [2.45, 2.75) is 52.0 Å². The zero-order chi connectivity index (χ0) is 18.6. The molecule has 0 aromatic carbocycles. The molecule has 2 saturated heterocycles. The van der Waals surface area contributed by atoms with Gasteiger partial charge in [0.25, 0.3) is 0 Å². The van der Waals surface area contributed by atoms with Crippen molar-refractivity contribution in [1.29, 1.82) is 0 Å². The quantitative estimate of drug-likeness (QED) is 0.696. The smallest absolute Gasteiger partial charge is 0.243 e. The van der Waals surface area contributed by atoms with Gasteiger partial charge in [0.2, 0.25) is 11.8 Å². The zero-order valence-corrected chi connectivity index (χ0v) is 16.5. The second-order valence-electron chi connectivity index (χ2n) is 7.71. The Kier molecular flexibility index (Phi) is 6.79. The summed E-state index contributed by atoms with van der Waals surface area (Å²) in [5.41, 5.74) is 6.12. The number of fused-ring (bicyclic) bond motifs is 1. The van der Waals surface area contributed by atoms with Gasteiger partial charge in [-0.2, -0.15) is 0 Å². The highest BCUT2D eigenvalue weighted by Crippen LogP contribution is 2.46. The third-order valence-electron chi connectivity index (χ3n) is 4.97.